The van der Waals surface area contributed by atoms with Crippen molar-refractivity contribution >= 4 is 165 Å². The van der Waals surface area contributed by atoms with E-state index in [0.29, 0.717) is 0 Å². The number of para-hydroxylation sites is 11. The van der Waals surface area contributed by atoms with Crippen molar-refractivity contribution in [3.05, 3.63) is 364 Å². The molecule has 0 fully saturated rings. The van der Waals surface area contributed by atoms with E-state index in [1.54, 1.807) is 0 Å². The first-order valence-corrected chi connectivity index (χ1v) is 34.9. The summed E-state index contributed by atoms with van der Waals surface area (Å²) in [6.45, 7) is -0.322. The maximum atomic E-state index is 2.67. The highest BCUT2D eigenvalue weighted by Gasteiger charge is 2.48. The molecule has 0 aliphatic carbocycles. The maximum Gasteiger partial charge on any atom is 0.252 e. The molecule has 0 unspecified atom stereocenters. The van der Waals surface area contributed by atoms with E-state index in [-0.39, 0.29) is 13.4 Å². The summed E-state index contributed by atoms with van der Waals surface area (Å²) in [5.41, 5.74) is 29.8. The molecule has 0 spiro atoms. The van der Waals surface area contributed by atoms with Crippen LogP contribution in [-0.4, -0.2) is 18.0 Å². The van der Waals surface area contributed by atoms with E-state index < -0.39 is 0 Å². The van der Waals surface area contributed by atoms with E-state index in [0.717, 1.165) is 108 Å². The normalized spacial score (nSPS) is 12.9. The molecular weight excluding hydrogens is 1220 g/mol. The lowest BCUT2D eigenvalue weighted by molar-refractivity contribution is 1.18. The highest BCUT2D eigenvalue weighted by Crippen LogP contribution is 2.53. The van der Waals surface area contributed by atoms with Crippen molar-refractivity contribution in [1.82, 2.24) is 4.57 Å². The monoisotopic (exact) mass is 1280 g/mol. The first kappa shape index (κ1) is 56.9. The van der Waals surface area contributed by atoms with Crippen LogP contribution in [0.2, 0.25) is 0 Å². The van der Waals surface area contributed by atoms with Gasteiger partial charge in [0.2, 0.25) is 6.71 Å². The topological polar surface area (TPSA) is 21.1 Å². The quantitative estimate of drug-likeness (QED) is 0.120. The second-order valence-corrected chi connectivity index (χ2v) is 27.0. The van der Waals surface area contributed by atoms with Crippen LogP contribution in [-0.2, 0) is 0 Å². The van der Waals surface area contributed by atoms with Gasteiger partial charge in [-0.3, -0.25) is 0 Å². The minimum Gasteiger partial charge on any atom is -0.311 e. The van der Waals surface area contributed by atoms with E-state index in [2.05, 4.69) is 393 Å². The molecule has 20 rings (SSSR count). The van der Waals surface area contributed by atoms with Gasteiger partial charge in [-0.2, -0.15) is 0 Å². The summed E-state index contributed by atoms with van der Waals surface area (Å²) in [6.07, 6.45) is 0. The van der Waals surface area contributed by atoms with Gasteiger partial charge in [-0.05, 0) is 167 Å². The molecule has 4 aliphatic rings. The van der Waals surface area contributed by atoms with Crippen LogP contribution < -0.4 is 57.3 Å². The number of benzene rings is 15. The number of hydrogen-bond acceptors (Lipinski definition) is 6. The minimum atomic E-state index is -0.178. The SMILES string of the molecule is c1ccc(N(c2ccccc2)c2cc3c4c(c2)N(c2ccccc2-c2cccc5c6ccccc6n(-c6ccccc6)c25)c2cc5c(cc2B4c2ccccc2S3)B2c3ccccc3N(c3ccccc3)c3cc(N(c4ccccc4)c4ccccc4)cc(c32)N5c2ccccc2)cc1. The number of nitrogens with zero attached hydrogens (tertiary/aromatic N) is 6. The Balaban J connectivity index is 0.920. The van der Waals surface area contributed by atoms with Gasteiger partial charge in [0.25, 0.3) is 6.71 Å². The summed E-state index contributed by atoms with van der Waals surface area (Å²) in [7, 11) is 0. The fourth-order valence-electron chi connectivity index (χ4n) is 16.5. The van der Waals surface area contributed by atoms with Gasteiger partial charge in [0.1, 0.15) is 0 Å². The van der Waals surface area contributed by atoms with Crippen LogP contribution in [0, 0.1) is 0 Å². The van der Waals surface area contributed by atoms with Crippen LogP contribution >= 0.6 is 11.8 Å². The summed E-state index contributed by atoms with van der Waals surface area (Å²) in [5, 5.41) is 2.42. The third-order valence-corrected chi connectivity index (χ3v) is 21.6. The summed E-state index contributed by atoms with van der Waals surface area (Å²) in [5.74, 6) is 0. The lowest BCUT2D eigenvalue weighted by atomic mass is 9.30. The van der Waals surface area contributed by atoms with Crippen LogP contribution in [0.25, 0.3) is 38.6 Å². The van der Waals surface area contributed by atoms with Gasteiger partial charge in [0, 0.05) is 111 Å². The molecule has 4 aliphatic heterocycles. The Kier molecular flexibility index (Phi) is 13.3. The zero-order valence-electron chi connectivity index (χ0n) is 53.9. The lowest BCUT2D eigenvalue weighted by Gasteiger charge is -2.47. The molecule has 1 aromatic heterocycles. The van der Waals surface area contributed by atoms with Gasteiger partial charge in [-0.1, -0.05) is 242 Å². The van der Waals surface area contributed by atoms with Crippen molar-refractivity contribution in [2.45, 2.75) is 9.79 Å². The summed E-state index contributed by atoms with van der Waals surface area (Å²) in [4.78, 5) is 15.1. The highest BCUT2D eigenvalue weighted by molar-refractivity contribution is 8.00. The van der Waals surface area contributed by atoms with Crippen LogP contribution in [0.15, 0.2) is 374 Å². The molecule has 16 aromatic rings. The Morgan fingerprint density at radius 2 is 0.667 bits per heavy atom. The lowest BCUT2D eigenvalue weighted by Crippen LogP contribution is -2.64. The number of aromatic nitrogens is 1. The molecule has 9 heteroatoms. The minimum absolute atomic E-state index is 0.144. The molecule has 15 aromatic carbocycles. The molecule has 0 saturated carbocycles. The molecule has 6 nitrogen and oxygen atoms in total. The van der Waals surface area contributed by atoms with Gasteiger partial charge in [0.15, 0.2) is 0 Å². The first-order valence-electron chi connectivity index (χ1n) is 34.1. The average molecular weight is 1280 g/mol. The van der Waals surface area contributed by atoms with Gasteiger partial charge < -0.3 is 29.1 Å². The summed E-state index contributed by atoms with van der Waals surface area (Å²) < 4.78 is 2.48. The Bertz CT molecular complexity index is 5740. The molecular formula is C90H60B2N6S. The van der Waals surface area contributed by atoms with E-state index in [1.807, 2.05) is 11.8 Å². The van der Waals surface area contributed by atoms with Gasteiger partial charge in [0.05, 0.1) is 22.4 Å². The second kappa shape index (κ2) is 23.2. The summed E-state index contributed by atoms with van der Waals surface area (Å²) in [6, 6.07) is 135. The number of rotatable bonds is 11. The number of anilines is 15. The zero-order valence-corrected chi connectivity index (χ0v) is 54.7. The fraction of sp³-hybridized carbons (Fsp3) is 0. The molecule has 0 bridgehead atoms. The molecule has 0 radical (unpaired) electrons. The standard InChI is InChI=1S/C90H60B2N6S/c1-8-31-61(32-9-1)93(62-33-10-2-11-34-62)68-55-83-88-84(56-68)96(66-41-18-6-19-42-66)81-60-82-77(59-76(81)91(88)74-49-24-28-53-80(74)95(83)65-39-16-5-17-40-65)92-75-50-25-29-54-86(75)99-87-58-69(94(63-35-12-3-13-36-63)64-37-14-4-15-38-64)57-85(89(87)92)98(82)79-52-27-23-46-71(79)73-48-30-47-72-70-45-22-26-51-78(70)97(90(72)73)67-43-20-7-21-44-67/h1-60H. The van der Waals surface area contributed by atoms with Crippen LogP contribution in [0.5, 0.6) is 0 Å². The second-order valence-electron chi connectivity index (χ2n) is 25.9. The smallest absolute Gasteiger partial charge is 0.252 e. The molecule has 5 heterocycles. The van der Waals surface area contributed by atoms with Crippen LogP contribution in [0.3, 0.4) is 0 Å². The third kappa shape index (κ3) is 9.01. The molecule has 99 heavy (non-hydrogen) atoms. The van der Waals surface area contributed by atoms with Crippen molar-refractivity contribution in [2.75, 3.05) is 24.5 Å². The van der Waals surface area contributed by atoms with Gasteiger partial charge >= 0.3 is 0 Å². The largest absolute Gasteiger partial charge is 0.311 e. The molecule has 0 saturated heterocycles. The van der Waals surface area contributed by atoms with Crippen LogP contribution in [0.4, 0.5) is 85.3 Å². The number of fused-ring (bicyclic) bond motifs is 11. The molecule has 0 N–H and O–H groups in total. The Morgan fingerprint density at radius 1 is 0.242 bits per heavy atom. The molecule has 0 amide bonds. The Morgan fingerprint density at radius 3 is 1.26 bits per heavy atom. The van der Waals surface area contributed by atoms with Crippen molar-refractivity contribution < 1.29 is 0 Å². The van der Waals surface area contributed by atoms with Gasteiger partial charge in [-0.25, -0.2) is 0 Å². The predicted octanol–water partition coefficient (Wildman–Crippen LogP) is 20.2. The van der Waals surface area contributed by atoms with Crippen molar-refractivity contribution in [3.8, 4) is 16.8 Å². The maximum absolute atomic E-state index is 2.67. The van der Waals surface area contributed by atoms with Crippen molar-refractivity contribution in [1.29, 1.82) is 0 Å². The average Bonchev–Trinajstić information content (AvgIpc) is 1.18. The van der Waals surface area contributed by atoms with Crippen molar-refractivity contribution in [2.24, 2.45) is 0 Å². The first-order chi connectivity index (χ1) is 49.2. The zero-order chi connectivity index (χ0) is 65.1. The Labute approximate surface area is 581 Å². The third-order valence-electron chi connectivity index (χ3n) is 20.5. The van der Waals surface area contributed by atoms with Crippen molar-refractivity contribution in [3.63, 3.8) is 0 Å². The van der Waals surface area contributed by atoms with E-state index in [9.17, 15) is 0 Å². The highest BCUT2D eigenvalue weighted by atomic mass is 32.2. The molecule has 0 atom stereocenters. The van der Waals surface area contributed by atoms with Gasteiger partial charge in [-0.15, -0.1) is 0 Å². The Hall–Kier alpha value is -12.4. The fourth-order valence-corrected chi connectivity index (χ4v) is 17.7. The molecule has 462 valence electrons. The van der Waals surface area contributed by atoms with E-state index >= 15 is 0 Å². The predicted molar refractivity (Wildman–Crippen MR) is 420 cm³/mol. The van der Waals surface area contributed by atoms with E-state index in [4.69, 9.17) is 0 Å². The van der Waals surface area contributed by atoms with E-state index in [1.165, 1.54) is 58.9 Å². The van der Waals surface area contributed by atoms with Crippen LogP contribution in [0.1, 0.15) is 0 Å². The number of hydrogen-bond donors (Lipinski definition) is 0. The summed E-state index contributed by atoms with van der Waals surface area (Å²) >= 11 is 1.90.